The Morgan fingerprint density at radius 2 is 1.62 bits per heavy atom. The van der Waals surface area contributed by atoms with Crippen molar-refractivity contribution in [1.29, 1.82) is 0 Å². The predicted molar refractivity (Wildman–Crippen MR) is 65.0 cm³/mol. The fourth-order valence-corrected chi connectivity index (χ4v) is 1.96. The van der Waals surface area contributed by atoms with Crippen LogP contribution in [0.25, 0.3) is 0 Å². The van der Waals surface area contributed by atoms with Crippen LogP contribution < -0.4 is 10.2 Å². The third-order valence-corrected chi connectivity index (χ3v) is 2.94. The first-order valence-corrected chi connectivity index (χ1v) is 5.77. The predicted octanol–water partition coefficient (Wildman–Crippen LogP) is 3.06. The van der Waals surface area contributed by atoms with E-state index in [4.69, 9.17) is 0 Å². The van der Waals surface area contributed by atoms with Gasteiger partial charge >= 0.3 is 0 Å². The van der Waals surface area contributed by atoms with Crippen molar-refractivity contribution < 1.29 is 31.1 Å². The maximum absolute atomic E-state index is 14.3. The van der Waals surface area contributed by atoms with Crippen molar-refractivity contribution in [2.45, 2.75) is 12.0 Å². The van der Waals surface area contributed by atoms with Crippen molar-refractivity contribution in [2.75, 3.05) is 7.11 Å². The smallest absolute Gasteiger partial charge is 0.215 e. The first-order valence-electron chi connectivity index (χ1n) is 5.77. The van der Waals surface area contributed by atoms with E-state index in [-0.39, 0.29) is 0 Å². The SMILES string of the molecule is COc1c(F)c(F)c([B]C2(F)C=CC=C(F)C2)c(F)c1F. The van der Waals surface area contributed by atoms with Gasteiger partial charge in [-0.05, 0) is 11.5 Å². The molecule has 1 radical (unpaired) electrons. The zero-order valence-electron chi connectivity index (χ0n) is 10.7. The summed E-state index contributed by atoms with van der Waals surface area (Å²) in [6, 6.07) is 0. The lowest BCUT2D eigenvalue weighted by Crippen LogP contribution is -2.41. The lowest BCUT2D eigenvalue weighted by atomic mass is 9.54. The summed E-state index contributed by atoms with van der Waals surface area (Å²) in [5.74, 6) is -9.33. The van der Waals surface area contributed by atoms with Crippen molar-refractivity contribution in [2.24, 2.45) is 0 Å². The summed E-state index contributed by atoms with van der Waals surface area (Å²) in [5.41, 5.74) is -3.85. The third-order valence-electron chi connectivity index (χ3n) is 2.94. The van der Waals surface area contributed by atoms with E-state index in [0.29, 0.717) is 7.28 Å². The molecule has 1 atom stereocenters. The summed E-state index contributed by atoms with van der Waals surface area (Å²) in [7, 11) is 1.12. The Labute approximate surface area is 117 Å². The number of methoxy groups -OCH3 is 1. The van der Waals surface area contributed by atoms with Crippen molar-refractivity contribution in [3.63, 3.8) is 0 Å². The number of alkyl halides is 1. The van der Waals surface area contributed by atoms with Gasteiger partial charge in [0.2, 0.25) is 18.9 Å². The molecule has 111 valence electrons. The molecule has 0 spiro atoms. The van der Waals surface area contributed by atoms with Crippen molar-refractivity contribution >= 4 is 12.7 Å². The van der Waals surface area contributed by atoms with Gasteiger partial charge in [-0.3, -0.25) is 0 Å². The minimum atomic E-state index is -2.59. The van der Waals surface area contributed by atoms with E-state index in [9.17, 15) is 26.3 Å². The highest BCUT2D eigenvalue weighted by molar-refractivity contribution is 6.57. The summed E-state index contributed by atoms with van der Waals surface area (Å²) in [6.07, 6.45) is 1.97. The largest absolute Gasteiger partial charge is 0.491 e. The van der Waals surface area contributed by atoms with E-state index in [1.54, 1.807) is 0 Å². The zero-order chi connectivity index (χ0) is 15.8. The van der Waals surface area contributed by atoms with Crippen LogP contribution >= 0.6 is 0 Å². The minimum Gasteiger partial charge on any atom is -0.491 e. The molecule has 0 saturated carbocycles. The van der Waals surface area contributed by atoms with Crippen LogP contribution in [0.3, 0.4) is 0 Å². The van der Waals surface area contributed by atoms with Gasteiger partial charge in [-0.15, -0.1) is 0 Å². The number of hydrogen-bond donors (Lipinski definition) is 0. The second-order valence-electron chi connectivity index (χ2n) is 4.42. The van der Waals surface area contributed by atoms with Crippen LogP contribution in [0.15, 0.2) is 24.1 Å². The van der Waals surface area contributed by atoms with Crippen LogP contribution in [0.2, 0.25) is 0 Å². The van der Waals surface area contributed by atoms with E-state index < -0.39 is 52.3 Å². The molecule has 1 aromatic rings. The summed E-state index contributed by atoms with van der Waals surface area (Å²) in [4.78, 5) is 0. The zero-order valence-corrected chi connectivity index (χ0v) is 10.7. The molecule has 1 aliphatic rings. The molecule has 0 aromatic heterocycles. The molecule has 8 heteroatoms. The quantitative estimate of drug-likeness (QED) is 0.474. The Morgan fingerprint density at radius 1 is 1.05 bits per heavy atom. The monoisotopic (exact) mass is 305 g/mol. The number of benzene rings is 1. The van der Waals surface area contributed by atoms with Crippen LogP contribution in [0, 0.1) is 23.3 Å². The Hall–Kier alpha value is -1.86. The Kier molecular flexibility index (Phi) is 4.07. The molecule has 21 heavy (non-hydrogen) atoms. The molecule has 0 N–H and O–H groups in total. The minimum absolute atomic E-state index is 0.298. The molecule has 1 aromatic carbocycles. The number of hydrogen-bond acceptors (Lipinski definition) is 1. The lowest BCUT2D eigenvalue weighted by Gasteiger charge is -2.23. The van der Waals surface area contributed by atoms with Crippen LogP contribution in [0.5, 0.6) is 5.75 Å². The van der Waals surface area contributed by atoms with Gasteiger partial charge in [-0.1, -0.05) is 12.2 Å². The third kappa shape index (κ3) is 2.79. The summed E-state index contributed by atoms with van der Waals surface area (Å²) >= 11 is 0. The van der Waals surface area contributed by atoms with E-state index in [1.165, 1.54) is 0 Å². The average molecular weight is 305 g/mol. The van der Waals surface area contributed by atoms with Gasteiger partial charge in [-0.25, -0.2) is 17.6 Å². The van der Waals surface area contributed by atoms with Crippen LogP contribution in [0.1, 0.15) is 6.42 Å². The van der Waals surface area contributed by atoms with Crippen LogP contribution in [-0.4, -0.2) is 20.0 Å². The van der Waals surface area contributed by atoms with Gasteiger partial charge < -0.3 is 4.74 Å². The molecule has 0 bridgehead atoms. The standard InChI is InChI=1S/C13H8BF6O/c1-21-12-10(18)8(16)7(9(17)11(12)19)14-13(20)4-2-3-6(15)5-13/h2-4H,5H2,1H3. The summed E-state index contributed by atoms with van der Waals surface area (Å²) in [6.45, 7) is 0. The van der Waals surface area contributed by atoms with Crippen molar-refractivity contribution in [1.82, 2.24) is 0 Å². The Morgan fingerprint density at radius 3 is 2.10 bits per heavy atom. The second kappa shape index (κ2) is 5.50. The summed E-state index contributed by atoms with van der Waals surface area (Å²) < 4.78 is 86.0. The van der Waals surface area contributed by atoms with E-state index in [0.717, 1.165) is 25.3 Å². The number of rotatable bonds is 3. The molecular weight excluding hydrogens is 297 g/mol. The van der Waals surface area contributed by atoms with Gasteiger partial charge in [-0.2, -0.15) is 8.78 Å². The molecule has 1 nitrogen and oxygen atoms in total. The fraction of sp³-hybridized carbons (Fsp3) is 0.231. The molecular formula is C13H8BF6O. The molecule has 1 unspecified atom stereocenters. The van der Waals surface area contributed by atoms with Crippen molar-refractivity contribution in [3.8, 4) is 5.75 Å². The number of halogens is 6. The van der Waals surface area contributed by atoms with Gasteiger partial charge in [0.25, 0.3) is 0 Å². The second-order valence-corrected chi connectivity index (χ2v) is 4.42. The Bertz CT molecular complexity index is 613. The van der Waals surface area contributed by atoms with E-state index in [2.05, 4.69) is 4.74 Å². The lowest BCUT2D eigenvalue weighted by molar-refractivity contribution is 0.314. The Balaban J connectivity index is 2.46. The normalized spacial score (nSPS) is 21.2. The highest BCUT2D eigenvalue weighted by Gasteiger charge is 2.37. The van der Waals surface area contributed by atoms with Gasteiger partial charge in [0.05, 0.1) is 7.11 Å². The van der Waals surface area contributed by atoms with Crippen molar-refractivity contribution in [3.05, 3.63) is 47.3 Å². The first-order chi connectivity index (χ1) is 9.79. The molecule has 0 saturated heterocycles. The average Bonchev–Trinajstić information content (AvgIpc) is 2.42. The van der Waals surface area contributed by atoms with Gasteiger partial charge in [0.1, 0.15) is 11.4 Å². The molecule has 0 fully saturated rings. The maximum Gasteiger partial charge on any atom is 0.215 e. The van der Waals surface area contributed by atoms with Crippen LogP contribution in [-0.2, 0) is 0 Å². The highest BCUT2D eigenvalue weighted by Crippen LogP contribution is 2.29. The fourth-order valence-electron chi connectivity index (χ4n) is 1.96. The van der Waals surface area contributed by atoms with Gasteiger partial charge in [0, 0.05) is 6.42 Å². The molecule has 0 amide bonds. The summed E-state index contributed by atoms with van der Waals surface area (Å²) in [5, 5.41) is 0. The maximum atomic E-state index is 14.3. The molecule has 1 aliphatic carbocycles. The van der Waals surface area contributed by atoms with Gasteiger partial charge in [0.15, 0.2) is 17.4 Å². The number of allylic oxidation sites excluding steroid dienone is 4. The highest BCUT2D eigenvalue weighted by atomic mass is 19.2. The molecule has 0 aliphatic heterocycles. The first kappa shape index (κ1) is 15.5. The molecule has 0 heterocycles. The van der Waals surface area contributed by atoms with E-state index in [1.807, 2.05) is 0 Å². The number of ether oxygens (including phenoxy) is 1. The van der Waals surface area contributed by atoms with Crippen LogP contribution in [0.4, 0.5) is 26.3 Å². The molecule has 2 rings (SSSR count). The topological polar surface area (TPSA) is 9.23 Å². The van der Waals surface area contributed by atoms with E-state index >= 15 is 0 Å².